The van der Waals surface area contributed by atoms with Crippen LogP contribution < -0.4 is 20.3 Å². The molecule has 4 heterocycles. The summed E-state index contributed by atoms with van der Waals surface area (Å²) >= 11 is 0. The van der Waals surface area contributed by atoms with Gasteiger partial charge >= 0.3 is 12.1 Å². The molecule has 3 aliphatic heterocycles. The topological polar surface area (TPSA) is 101 Å². The average Bonchev–Trinajstić information content (AvgIpc) is 3.49. The summed E-state index contributed by atoms with van der Waals surface area (Å²) in [5.41, 5.74) is 7.23. The van der Waals surface area contributed by atoms with Crippen LogP contribution in [-0.4, -0.2) is 66.1 Å². The summed E-state index contributed by atoms with van der Waals surface area (Å²) in [6.07, 6.45) is 9.84. The molecule has 0 radical (unpaired) electrons. The Morgan fingerprint density at radius 2 is 1.82 bits per heavy atom. The predicted octanol–water partition coefficient (Wildman–Crippen LogP) is 3.97. The second-order valence-electron chi connectivity index (χ2n) is 9.32. The molecule has 0 spiro atoms. The van der Waals surface area contributed by atoms with Crippen LogP contribution in [0.1, 0.15) is 31.2 Å². The van der Waals surface area contributed by atoms with E-state index in [4.69, 9.17) is 10.5 Å². The maximum absolute atomic E-state index is 12.8. The number of nitrogens with zero attached hydrogens (tertiary/aromatic N) is 4. The van der Waals surface area contributed by atoms with Gasteiger partial charge in [0, 0.05) is 49.1 Å². The molecule has 4 amide bonds. The van der Waals surface area contributed by atoms with Crippen LogP contribution in [0.25, 0.3) is 6.08 Å². The number of benzene rings is 1. The van der Waals surface area contributed by atoms with Gasteiger partial charge in [-0.1, -0.05) is 0 Å². The summed E-state index contributed by atoms with van der Waals surface area (Å²) < 4.78 is 5.93. The Morgan fingerprint density at radius 1 is 1.09 bits per heavy atom. The molecule has 34 heavy (non-hydrogen) atoms. The molecule has 2 fully saturated rings. The maximum Gasteiger partial charge on any atom is 0.423 e. The number of fused-ring (bicyclic) bond motifs is 1. The highest BCUT2D eigenvalue weighted by Gasteiger charge is 2.36. The molecule has 9 nitrogen and oxygen atoms in total. The molecule has 3 N–H and O–H groups in total. The van der Waals surface area contributed by atoms with Gasteiger partial charge in [0.15, 0.2) is 5.69 Å². The monoisotopic (exact) mass is 463 g/mol. The van der Waals surface area contributed by atoms with E-state index in [2.05, 4.69) is 15.2 Å². The van der Waals surface area contributed by atoms with Crippen LogP contribution in [0.2, 0.25) is 0 Å². The first-order valence-electron chi connectivity index (χ1n) is 11.9. The van der Waals surface area contributed by atoms with E-state index >= 15 is 0 Å². The number of pyridine rings is 1. The van der Waals surface area contributed by atoms with Crippen LogP contribution in [0.4, 0.5) is 21.1 Å². The molecular weight excluding hydrogens is 432 g/mol. The molecule has 9 heteroatoms. The van der Waals surface area contributed by atoms with E-state index in [0.717, 1.165) is 37.2 Å². The zero-order valence-electron chi connectivity index (χ0n) is 19.4. The average molecular weight is 464 g/mol. The Hall–Kier alpha value is -3.43. The van der Waals surface area contributed by atoms with Crippen LogP contribution in [0, 0.1) is 0 Å². The Kier molecular flexibility index (Phi) is 5.97. The number of aromatic nitrogens is 1. The number of primary amides is 1. The van der Waals surface area contributed by atoms with Crippen molar-refractivity contribution in [3.8, 4) is 11.5 Å². The van der Waals surface area contributed by atoms with Crippen LogP contribution in [-0.2, 0) is 0 Å². The van der Waals surface area contributed by atoms with Gasteiger partial charge in [-0.05, 0) is 57.0 Å². The summed E-state index contributed by atoms with van der Waals surface area (Å²) in [5.74, 6) is 1.63. The smallest absolute Gasteiger partial charge is 0.423 e. The third-order valence-corrected chi connectivity index (χ3v) is 7.12. The van der Waals surface area contributed by atoms with Crippen molar-refractivity contribution >= 4 is 29.6 Å². The van der Waals surface area contributed by atoms with Crippen molar-refractivity contribution in [3.05, 3.63) is 48.3 Å². The van der Waals surface area contributed by atoms with Crippen molar-refractivity contribution in [1.82, 2.24) is 19.3 Å². The van der Waals surface area contributed by atoms with Gasteiger partial charge in [0.05, 0.1) is 7.05 Å². The Balaban J connectivity index is 1.20. The number of rotatable bonds is 4. The van der Waals surface area contributed by atoms with Gasteiger partial charge in [0.25, 0.3) is 0 Å². The number of amides is 4. The third kappa shape index (κ3) is 4.36. The van der Waals surface area contributed by atoms with E-state index in [9.17, 15) is 9.59 Å². The van der Waals surface area contributed by atoms with E-state index in [1.54, 1.807) is 37.6 Å². The number of carbonyl (C=O) groups is 2. The minimum atomic E-state index is -0.446. The fourth-order valence-electron chi connectivity index (χ4n) is 5.06. The number of hydrogen-bond donors (Lipinski definition) is 2. The molecule has 1 unspecified atom stereocenters. The third-order valence-electron chi connectivity index (χ3n) is 7.12. The molecule has 2 saturated heterocycles. The van der Waals surface area contributed by atoms with Gasteiger partial charge in [-0.15, -0.1) is 0 Å². The minimum absolute atomic E-state index is 0.0731. The highest BCUT2D eigenvalue weighted by atomic mass is 16.5. The molecule has 0 aliphatic carbocycles. The molecule has 2 aromatic rings. The Bertz CT molecular complexity index is 1120. The molecule has 0 saturated carbocycles. The lowest BCUT2D eigenvalue weighted by Crippen LogP contribution is -2.47. The lowest BCUT2D eigenvalue weighted by atomic mass is 10.0. The number of ether oxygens (including phenoxy) is 1. The largest absolute Gasteiger partial charge is 0.457 e. The number of carbonyl (C=O) groups excluding carboxylic acids is 2. The zero-order chi connectivity index (χ0) is 23.7. The summed E-state index contributed by atoms with van der Waals surface area (Å²) in [6, 6.07) is 8.98. The normalized spacial score (nSPS) is 22.6. The summed E-state index contributed by atoms with van der Waals surface area (Å²) in [5, 5.41) is 2.90. The van der Waals surface area contributed by atoms with Gasteiger partial charge in [0.2, 0.25) is 0 Å². The standard InChI is InChI=1S/C25H30N6O3/c1-31(24(26)32)15-9-18-16-20(4-5-22(18)31)34-21-6-10-27-23(17-21)28-25(33)30-13-7-19(8-14-30)29-11-2-3-12-29/h4-6,9-10,15-17,19H,2-3,7-8,11-14H2,1H3,(H2-,26,27,28,32,33)/p+1. The van der Waals surface area contributed by atoms with E-state index in [-0.39, 0.29) is 10.5 Å². The second-order valence-corrected chi connectivity index (χ2v) is 9.32. The van der Waals surface area contributed by atoms with Crippen LogP contribution in [0.5, 0.6) is 11.5 Å². The predicted molar refractivity (Wildman–Crippen MR) is 132 cm³/mol. The molecule has 0 bridgehead atoms. The summed E-state index contributed by atoms with van der Waals surface area (Å²) in [7, 11) is 1.75. The summed E-state index contributed by atoms with van der Waals surface area (Å²) in [4.78, 5) is 33.3. The molecule has 5 rings (SSSR count). The molecule has 1 aromatic carbocycles. The first-order valence-corrected chi connectivity index (χ1v) is 11.9. The number of likely N-dealkylation sites (tertiary alicyclic amines) is 2. The first-order chi connectivity index (χ1) is 16.4. The molecular formula is C25H31N6O3+. The van der Waals surface area contributed by atoms with Gasteiger partial charge in [-0.3, -0.25) is 5.32 Å². The van der Waals surface area contributed by atoms with Crippen LogP contribution in [0.15, 0.2) is 42.7 Å². The van der Waals surface area contributed by atoms with Crippen molar-refractivity contribution in [3.63, 3.8) is 0 Å². The number of hydrogen-bond acceptors (Lipinski definition) is 5. The first kappa shape index (κ1) is 22.4. The van der Waals surface area contributed by atoms with Gasteiger partial charge in [0.1, 0.15) is 23.5 Å². The van der Waals surface area contributed by atoms with Gasteiger partial charge in [-0.25, -0.2) is 14.6 Å². The number of piperidine rings is 1. The van der Waals surface area contributed by atoms with E-state index < -0.39 is 6.03 Å². The number of anilines is 1. The Labute approximate surface area is 199 Å². The fraction of sp³-hybridized carbons (Fsp3) is 0.400. The SMILES string of the molecule is C[N+]1(C(N)=O)C=Cc2cc(Oc3ccnc(NC(=O)N4CCC(N5CCCC5)CC4)c3)ccc21. The lowest BCUT2D eigenvalue weighted by Gasteiger charge is -2.36. The zero-order valence-corrected chi connectivity index (χ0v) is 19.4. The highest BCUT2D eigenvalue weighted by Crippen LogP contribution is 2.37. The molecule has 178 valence electrons. The van der Waals surface area contributed by atoms with E-state index in [0.29, 0.717) is 23.4 Å². The van der Waals surface area contributed by atoms with Gasteiger partial charge in [-0.2, -0.15) is 4.48 Å². The van der Waals surface area contributed by atoms with Crippen LogP contribution >= 0.6 is 0 Å². The van der Waals surface area contributed by atoms with Crippen molar-refractivity contribution in [2.75, 3.05) is 38.5 Å². The molecule has 1 aromatic heterocycles. The van der Waals surface area contributed by atoms with E-state index in [1.165, 1.54) is 25.9 Å². The number of urea groups is 2. The number of quaternary nitrogens is 1. The van der Waals surface area contributed by atoms with Crippen molar-refractivity contribution in [2.45, 2.75) is 31.7 Å². The fourth-order valence-corrected chi connectivity index (χ4v) is 5.06. The maximum atomic E-state index is 12.8. The molecule has 3 aliphatic rings. The second kappa shape index (κ2) is 9.08. The molecule has 1 atom stereocenters. The van der Waals surface area contributed by atoms with Crippen molar-refractivity contribution < 1.29 is 14.3 Å². The van der Waals surface area contributed by atoms with E-state index in [1.807, 2.05) is 23.1 Å². The lowest BCUT2D eigenvalue weighted by molar-refractivity contribution is 0.140. The summed E-state index contributed by atoms with van der Waals surface area (Å²) in [6.45, 7) is 3.90. The van der Waals surface area contributed by atoms with Crippen molar-refractivity contribution in [1.29, 1.82) is 0 Å². The quantitative estimate of drug-likeness (QED) is 0.669. The minimum Gasteiger partial charge on any atom is -0.457 e. The van der Waals surface area contributed by atoms with Crippen molar-refractivity contribution in [2.24, 2.45) is 5.73 Å². The Morgan fingerprint density at radius 3 is 2.56 bits per heavy atom. The van der Waals surface area contributed by atoms with Gasteiger partial charge < -0.3 is 20.3 Å². The highest BCUT2D eigenvalue weighted by molar-refractivity contribution is 5.94. The number of nitrogens with two attached hydrogens (primary N) is 1. The van der Waals surface area contributed by atoms with Crippen LogP contribution in [0.3, 0.4) is 0 Å². The number of nitrogens with one attached hydrogen (secondary N) is 1.